The summed E-state index contributed by atoms with van der Waals surface area (Å²) in [5.41, 5.74) is 0.919. The van der Waals surface area contributed by atoms with Crippen LogP contribution in [0.3, 0.4) is 0 Å². The standard InChI is InChI=1S/C18H27NO3/c1-13-9-14(2)12-19(11-13)6-5-16(20)15-3-4-17-18(10-15)22-8-7-21-17/h3-4,10,13-14,16,20H,5-9,11-12H2,1-2H3. The Morgan fingerprint density at radius 2 is 1.82 bits per heavy atom. The van der Waals surface area contributed by atoms with Gasteiger partial charge >= 0.3 is 0 Å². The molecule has 1 aromatic rings. The Morgan fingerprint density at radius 1 is 1.14 bits per heavy atom. The molecule has 1 fully saturated rings. The fourth-order valence-electron chi connectivity index (χ4n) is 3.71. The molecule has 0 aliphatic carbocycles. The average molecular weight is 305 g/mol. The highest BCUT2D eigenvalue weighted by atomic mass is 16.6. The molecule has 0 radical (unpaired) electrons. The fraction of sp³-hybridized carbons (Fsp3) is 0.667. The first-order valence-electron chi connectivity index (χ1n) is 8.42. The van der Waals surface area contributed by atoms with Crippen LogP contribution in [0.15, 0.2) is 18.2 Å². The van der Waals surface area contributed by atoms with Gasteiger partial charge in [0.05, 0.1) is 6.10 Å². The topological polar surface area (TPSA) is 41.9 Å². The summed E-state index contributed by atoms with van der Waals surface area (Å²) in [6, 6.07) is 5.76. The van der Waals surface area contributed by atoms with E-state index in [4.69, 9.17) is 9.47 Å². The van der Waals surface area contributed by atoms with Crippen LogP contribution < -0.4 is 9.47 Å². The van der Waals surface area contributed by atoms with Crippen molar-refractivity contribution in [1.82, 2.24) is 4.90 Å². The molecular weight excluding hydrogens is 278 g/mol. The van der Waals surface area contributed by atoms with E-state index in [0.717, 1.165) is 55.0 Å². The molecule has 2 heterocycles. The van der Waals surface area contributed by atoms with E-state index in [2.05, 4.69) is 18.7 Å². The third-order valence-corrected chi connectivity index (χ3v) is 4.61. The Bertz CT molecular complexity index is 495. The number of benzene rings is 1. The zero-order valence-corrected chi connectivity index (χ0v) is 13.6. The molecule has 22 heavy (non-hydrogen) atoms. The smallest absolute Gasteiger partial charge is 0.161 e. The normalized spacial score (nSPS) is 26.7. The van der Waals surface area contributed by atoms with Crippen molar-refractivity contribution in [3.05, 3.63) is 23.8 Å². The Balaban J connectivity index is 1.56. The molecule has 4 heteroatoms. The molecule has 3 unspecified atom stereocenters. The summed E-state index contributed by atoms with van der Waals surface area (Å²) in [7, 11) is 0. The fourth-order valence-corrected chi connectivity index (χ4v) is 3.71. The van der Waals surface area contributed by atoms with Crippen LogP contribution in [0.25, 0.3) is 0 Å². The Kier molecular flexibility index (Phi) is 4.89. The van der Waals surface area contributed by atoms with E-state index in [9.17, 15) is 5.11 Å². The van der Waals surface area contributed by atoms with Crippen LogP contribution in [-0.4, -0.2) is 42.9 Å². The van der Waals surface area contributed by atoms with E-state index in [0.29, 0.717) is 13.2 Å². The number of hydrogen-bond acceptors (Lipinski definition) is 4. The maximum atomic E-state index is 10.5. The van der Waals surface area contributed by atoms with Gasteiger partial charge in [0.2, 0.25) is 0 Å². The molecular formula is C18H27NO3. The molecule has 1 aromatic carbocycles. The van der Waals surface area contributed by atoms with Gasteiger partial charge in [-0.3, -0.25) is 0 Å². The van der Waals surface area contributed by atoms with Gasteiger partial charge in [-0.2, -0.15) is 0 Å². The number of hydrogen-bond donors (Lipinski definition) is 1. The number of aliphatic hydroxyl groups is 1. The molecule has 2 aliphatic rings. The van der Waals surface area contributed by atoms with Crippen LogP contribution in [0.2, 0.25) is 0 Å². The summed E-state index contributed by atoms with van der Waals surface area (Å²) in [6.45, 7) is 9.07. The number of ether oxygens (including phenoxy) is 2. The van der Waals surface area contributed by atoms with Crippen molar-refractivity contribution in [2.24, 2.45) is 11.8 Å². The lowest BCUT2D eigenvalue weighted by molar-refractivity contribution is 0.102. The number of rotatable bonds is 4. The SMILES string of the molecule is CC1CC(C)CN(CCC(O)c2ccc3c(c2)OCCO3)C1. The number of nitrogens with zero attached hydrogens (tertiary/aromatic N) is 1. The lowest BCUT2D eigenvalue weighted by Gasteiger charge is -2.35. The molecule has 0 bridgehead atoms. The van der Waals surface area contributed by atoms with Gasteiger partial charge in [0.1, 0.15) is 13.2 Å². The number of piperidine rings is 1. The van der Waals surface area contributed by atoms with Crippen molar-refractivity contribution < 1.29 is 14.6 Å². The predicted molar refractivity (Wildman–Crippen MR) is 86.4 cm³/mol. The van der Waals surface area contributed by atoms with Gasteiger partial charge in [0, 0.05) is 19.6 Å². The quantitative estimate of drug-likeness (QED) is 0.929. The summed E-state index contributed by atoms with van der Waals surface area (Å²) in [5.74, 6) is 3.05. The molecule has 2 aliphatic heterocycles. The van der Waals surface area contributed by atoms with E-state index in [1.54, 1.807) is 0 Å². The minimum absolute atomic E-state index is 0.441. The summed E-state index contributed by atoms with van der Waals surface area (Å²) in [5, 5.41) is 10.5. The van der Waals surface area contributed by atoms with Gasteiger partial charge in [-0.25, -0.2) is 0 Å². The molecule has 1 saturated heterocycles. The largest absolute Gasteiger partial charge is 0.486 e. The highest BCUT2D eigenvalue weighted by Gasteiger charge is 2.22. The Labute approximate surface area is 133 Å². The summed E-state index contributed by atoms with van der Waals surface area (Å²) in [4.78, 5) is 2.49. The Morgan fingerprint density at radius 3 is 2.55 bits per heavy atom. The monoisotopic (exact) mass is 305 g/mol. The van der Waals surface area contributed by atoms with Gasteiger partial charge in [-0.15, -0.1) is 0 Å². The Hall–Kier alpha value is -1.26. The van der Waals surface area contributed by atoms with E-state index >= 15 is 0 Å². The second-order valence-electron chi connectivity index (χ2n) is 6.91. The van der Waals surface area contributed by atoms with Crippen molar-refractivity contribution >= 4 is 0 Å². The van der Waals surface area contributed by atoms with Gasteiger partial charge in [-0.05, 0) is 42.4 Å². The van der Waals surface area contributed by atoms with E-state index < -0.39 is 6.10 Å². The van der Waals surface area contributed by atoms with Crippen LogP contribution in [0, 0.1) is 11.8 Å². The molecule has 0 aromatic heterocycles. The van der Waals surface area contributed by atoms with E-state index in [-0.39, 0.29) is 0 Å². The highest BCUT2D eigenvalue weighted by Crippen LogP contribution is 2.33. The van der Waals surface area contributed by atoms with Crippen molar-refractivity contribution in [3.8, 4) is 11.5 Å². The number of fused-ring (bicyclic) bond motifs is 1. The maximum Gasteiger partial charge on any atom is 0.161 e. The van der Waals surface area contributed by atoms with Crippen molar-refractivity contribution in [2.45, 2.75) is 32.8 Å². The van der Waals surface area contributed by atoms with E-state index in [1.807, 2.05) is 18.2 Å². The van der Waals surface area contributed by atoms with Crippen LogP contribution in [0.4, 0.5) is 0 Å². The van der Waals surface area contributed by atoms with Crippen LogP contribution in [0.5, 0.6) is 11.5 Å². The van der Waals surface area contributed by atoms with Crippen LogP contribution in [-0.2, 0) is 0 Å². The second-order valence-corrected chi connectivity index (χ2v) is 6.91. The maximum absolute atomic E-state index is 10.5. The van der Waals surface area contributed by atoms with Crippen molar-refractivity contribution in [3.63, 3.8) is 0 Å². The molecule has 0 spiro atoms. The zero-order chi connectivity index (χ0) is 15.5. The van der Waals surface area contributed by atoms with Crippen molar-refractivity contribution in [1.29, 1.82) is 0 Å². The summed E-state index contributed by atoms with van der Waals surface area (Å²) >= 11 is 0. The molecule has 1 N–H and O–H groups in total. The predicted octanol–water partition coefficient (Wildman–Crippen LogP) is 2.86. The first kappa shape index (κ1) is 15.6. The first-order valence-corrected chi connectivity index (χ1v) is 8.42. The minimum Gasteiger partial charge on any atom is -0.486 e. The third-order valence-electron chi connectivity index (χ3n) is 4.61. The zero-order valence-electron chi connectivity index (χ0n) is 13.6. The molecule has 4 nitrogen and oxygen atoms in total. The molecule has 3 atom stereocenters. The van der Waals surface area contributed by atoms with Gasteiger partial charge in [-0.1, -0.05) is 19.9 Å². The lowest BCUT2D eigenvalue weighted by atomic mass is 9.91. The lowest BCUT2D eigenvalue weighted by Crippen LogP contribution is -2.39. The van der Waals surface area contributed by atoms with Crippen LogP contribution >= 0.6 is 0 Å². The van der Waals surface area contributed by atoms with Crippen LogP contribution in [0.1, 0.15) is 38.4 Å². The highest BCUT2D eigenvalue weighted by molar-refractivity contribution is 5.44. The van der Waals surface area contributed by atoms with Gasteiger partial charge in [0.25, 0.3) is 0 Å². The molecule has 0 saturated carbocycles. The number of likely N-dealkylation sites (tertiary alicyclic amines) is 1. The van der Waals surface area contributed by atoms with Gasteiger partial charge < -0.3 is 19.5 Å². The average Bonchev–Trinajstić information content (AvgIpc) is 2.51. The first-order chi connectivity index (χ1) is 10.6. The van der Waals surface area contributed by atoms with E-state index in [1.165, 1.54) is 6.42 Å². The van der Waals surface area contributed by atoms with Gasteiger partial charge in [0.15, 0.2) is 11.5 Å². The summed E-state index contributed by atoms with van der Waals surface area (Å²) < 4.78 is 11.1. The molecule has 122 valence electrons. The number of aliphatic hydroxyl groups excluding tert-OH is 1. The van der Waals surface area contributed by atoms with Crippen molar-refractivity contribution in [2.75, 3.05) is 32.8 Å². The molecule has 3 rings (SSSR count). The minimum atomic E-state index is -0.441. The molecule has 0 amide bonds. The summed E-state index contributed by atoms with van der Waals surface area (Å²) in [6.07, 6.45) is 1.64. The second kappa shape index (κ2) is 6.88. The third kappa shape index (κ3) is 3.73.